The largest absolute Gasteiger partial charge is 0.507 e. The minimum absolute atomic E-state index is 0.0148. The number of nitrogens with one attached hydrogen (secondary N) is 4. The number of benzene rings is 9. The molecule has 9 aromatic carbocycles. The molecule has 0 unspecified atom stereocenters. The van der Waals surface area contributed by atoms with Gasteiger partial charge in [-0.25, -0.2) is 13.1 Å². The highest BCUT2D eigenvalue weighted by molar-refractivity contribution is 7.90. The highest BCUT2D eigenvalue weighted by atomic mass is 32.2. The van der Waals surface area contributed by atoms with Crippen molar-refractivity contribution in [3.05, 3.63) is 218 Å². The van der Waals surface area contributed by atoms with Crippen LogP contribution in [-0.2, 0) is 10.0 Å². The second-order valence-electron chi connectivity index (χ2n) is 43.2. The number of rotatable bonds is 48. The van der Waals surface area contributed by atoms with E-state index in [0.717, 1.165) is 77.0 Å². The maximum absolute atomic E-state index is 12.7. The molecule has 0 spiro atoms. The van der Waals surface area contributed by atoms with E-state index >= 15 is 0 Å². The number of methoxy groups -OCH3 is 4. The van der Waals surface area contributed by atoms with Gasteiger partial charge in [-0.1, -0.05) is 114 Å². The Morgan fingerprint density at radius 1 is 0.295 bits per heavy atom. The van der Waals surface area contributed by atoms with E-state index in [4.69, 9.17) is 56.8 Å². The third-order valence-electron chi connectivity index (χ3n) is 23.8. The molecule has 31 heteroatoms. The molecule has 4 amide bonds. The number of ketones is 4. The second kappa shape index (κ2) is 56.1. The van der Waals surface area contributed by atoms with Gasteiger partial charge in [-0.15, -0.1) is 0 Å². The maximum atomic E-state index is 12.7. The summed E-state index contributed by atoms with van der Waals surface area (Å²) in [5, 5.41) is 51.1. The Bertz CT molecular complexity index is 6150. The number of amides is 4. The van der Waals surface area contributed by atoms with Crippen molar-refractivity contribution in [1.82, 2.24) is 20.7 Å². The molecule has 0 aliphatic heterocycles. The van der Waals surface area contributed by atoms with Crippen molar-refractivity contribution in [3.63, 3.8) is 0 Å². The summed E-state index contributed by atoms with van der Waals surface area (Å²) in [6, 6.07) is 41.5. The van der Waals surface area contributed by atoms with E-state index in [0.29, 0.717) is 221 Å². The quantitative estimate of drug-likeness (QED) is 0.0130. The molecule has 0 radical (unpaired) electrons. The first kappa shape index (κ1) is 121. The van der Waals surface area contributed by atoms with Gasteiger partial charge in [0.1, 0.15) is 46.0 Å². The first-order chi connectivity index (χ1) is 70.2. The predicted molar refractivity (Wildman–Crippen MR) is 576 cm³/mol. The lowest BCUT2D eigenvalue weighted by molar-refractivity contribution is 0.0911. The number of hydrogen-bond acceptors (Lipinski definition) is 26. The molecular weight excluding hydrogens is 1920 g/mol. The van der Waals surface area contributed by atoms with Crippen LogP contribution in [0.2, 0.25) is 0 Å². The van der Waals surface area contributed by atoms with Crippen LogP contribution in [0.5, 0.6) is 92.0 Å². The molecule has 2 aliphatic carbocycles. The number of phenols is 4. The molecule has 8 N–H and O–H groups in total. The predicted octanol–water partition coefficient (Wildman–Crippen LogP) is 23.5. The lowest BCUT2D eigenvalue weighted by Gasteiger charge is -2.21. The van der Waals surface area contributed by atoms with E-state index in [2.05, 4.69) is 20.7 Å². The van der Waals surface area contributed by atoms with Gasteiger partial charge in [0.25, 0.3) is 33.7 Å². The van der Waals surface area contributed by atoms with Crippen molar-refractivity contribution in [1.29, 1.82) is 0 Å². The zero-order chi connectivity index (χ0) is 110. The van der Waals surface area contributed by atoms with Gasteiger partial charge in [-0.2, -0.15) is 0 Å². The van der Waals surface area contributed by atoms with Crippen molar-refractivity contribution in [3.8, 4) is 92.0 Å². The van der Waals surface area contributed by atoms with E-state index in [9.17, 15) is 67.2 Å². The Morgan fingerprint density at radius 3 is 0.758 bits per heavy atom. The molecule has 0 atom stereocenters. The zero-order valence-corrected chi connectivity index (χ0v) is 92.0. The normalized spacial score (nSPS) is 12.6. The standard InChI is InChI=1S/C31H37NO8S.C30H41NO6.C29H41NO6.C28H37NO6/c1-21-26(16-14-24(29(21)34)25(33)20-31(2,3)4)39-17-9-10-18-40-28-19-22(13-15-27(28)38-5)30(35)32-41(36,37)23-11-7-6-8-12-23;1-20-25(15-13-23(28(20)33)24(32)19-30(2,3)4)36-16-8-9-17-37-27-18-21(12-14-26(27)35-5)29(34)31-22-10-6-7-11-22;1-19-23(14-12-21(26(19)32)22(31)18-28(2,3)4)35-15-9-10-16-36-25-17-20(11-13-24(25)34-8)27(33)30-29(5,6)7;1-18-23(13-11-21(26(18)31)22(30)17-28(2,3)4)34-14-6-7-15-35-25-16-19(8-12-24(25)33-5)27(32)29-20-9-10-20/h6-8,11-16,19,34H,9-10,17-18,20H2,1-5H3,(H,32,35);12-15,18,22,33H,6-11,16-17,19H2,1-5H3,(H,31,34);11-14,17,32H,9-10,15-16,18H2,1-8H3,(H,30,33);8,11-13,16,20,31H,6-7,9-10,14-15,17H2,1-5H3,(H,29,32). The Morgan fingerprint density at radius 2 is 0.523 bits per heavy atom. The summed E-state index contributed by atoms with van der Waals surface area (Å²) in [6.45, 7) is 39.9. The van der Waals surface area contributed by atoms with Gasteiger partial charge in [-0.3, -0.25) is 38.4 Å². The second-order valence-corrected chi connectivity index (χ2v) is 44.9. The van der Waals surface area contributed by atoms with Gasteiger partial charge in [-0.05, 0) is 281 Å². The SMILES string of the molecule is COc1ccc(C(=O)NC(C)(C)C)cc1OCCCCOc1ccc(C(=O)CC(C)(C)C)c(O)c1C.COc1ccc(C(=O)NC2CC2)cc1OCCCCOc1ccc(C(=O)CC(C)(C)C)c(O)c1C.COc1ccc(C(=O)NC2CCCC2)cc1OCCCCOc1ccc(C(=O)CC(C)(C)C)c(O)c1C.COc1ccc(C(=O)NS(=O)(=O)c2ccccc2)cc1OCCCCOc1ccc(C(=O)CC(C)(C)C)c(O)c1C. The number of phenolic OH excluding ortho intramolecular Hbond substituents is 4. The van der Waals surface area contributed by atoms with Crippen LogP contribution in [0, 0.1) is 49.4 Å². The third kappa shape index (κ3) is 39.4. The van der Waals surface area contributed by atoms with Crippen molar-refractivity contribution in [2.24, 2.45) is 21.7 Å². The number of carbonyl (C=O) groups is 8. The van der Waals surface area contributed by atoms with Gasteiger partial charge < -0.3 is 93.2 Å². The van der Waals surface area contributed by atoms with Crippen LogP contribution in [0.3, 0.4) is 0 Å². The van der Waals surface area contributed by atoms with Crippen LogP contribution in [0.15, 0.2) is 157 Å². The average molecular weight is 2080 g/mol. The van der Waals surface area contributed by atoms with Crippen LogP contribution in [0.4, 0.5) is 0 Å². The van der Waals surface area contributed by atoms with Gasteiger partial charge in [0, 0.05) is 87.8 Å². The highest BCUT2D eigenvalue weighted by Crippen LogP contribution is 2.41. The fourth-order valence-corrected chi connectivity index (χ4v) is 16.6. The number of carbonyl (C=O) groups excluding carboxylic acids is 8. The molecule has 11 rings (SSSR count). The Hall–Kier alpha value is -13.7. The van der Waals surface area contributed by atoms with Crippen molar-refractivity contribution >= 4 is 56.8 Å². The van der Waals surface area contributed by atoms with Crippen LogP contribution in [-0.4, -0.2) is 175 Å². The first-order valence-electron chi connectivity index (χ1n) is 51.0. The summed E-state index contributed by atoms with van der Waals surface area (Å²) in [7, 11) is 2.15. The molecule has 2 saturated carbocycles. The summed E-state index contributed by atoms with van der Waals surface area (Å²) >= 11 is 0. The first-order valence-corrected chi connectivity index (χ1v) is 52.4. The van der Waals surface area contributed by atoms with Crippen molar-refractivity contribution < 1.29 is 124 Å². The number of unbranched alkanes of at least 4 members (excludes halogenated alkanes) is 4. The van der Waals surface area contributed by atoms with E-state index in [1.807, 2.05) is 104 Å². The lowest BCUT2D eigenvalue weighted by atomic mass is 9.87. The molecule has 0 aromatic heterocycles. The Kier molecular flexibility index (Phi) is 45.3. The third-order valence-corrected chi connectivity index (χ3v) is 25.1. The molecule has 0 bridgehead atoms. The Balaban J connectivity index is 0.000000242. The summed E-state index contributed by atoms with van der Waals surface area (Å²) < 4.78 is 95.4. The number of ether oxygens (including phenoxy) is 12. The zero-order valence-electron chi connectivity index (χ0n) is 91.2. The minimum Gasteiger partial charge on any atom is -0.507 e. The summed E-state index contributed by atoms with van der Waals surface area (Å²) in [5.74, 6) is 4.58. The lowest BCUT2D eigenvalue weighted by Crippen LogP contribution is -2.40. The fourth-order valence-electron chi connectivity index (χ4n) is 15.6. The van der Waals surface area contributed by atoms with E-state index in [1.165, 1.54) is 37.4 Å². The van der Waals surface area contributed by atoms with Crippen molar-refractivity contribution in [2.75, 3.05) is 81.3 Å². The number of aromatic hydroxyl groups is 4. The molecule has 0 saturated heterocycles. The molecule has 9 aromatic rings. The van der Waals surface area contributed by atoms with Crippen LogP contribution in [0.1, 0.15) is 325 Å². The number of sulfonamides is 1. The molecule has 810 valence electrons. The van der Waals surface area contributed by atoms with Gasteiger partial charge in [0.15, 0.2) is 69.1 Å². The van der Waals surface area contributed by atoms with Crippen LogP contribution in [0.25, 0.3) is 0 Å². The van der Waals surface area contributed by atoms with E-state index in [1.54, 1.807) is 170 Å². The molecular formula is C118H156N4O26S. The molecule has 2 fully saturated rings. The smallest absolute Gasteiger partial charge is 0.265 e. The average Bonchev–Trinajstić information content (AvgIpc) is 1.23. The molecule has 0 heterocycles. The topological polar surface area (TPSA) is 410 Å². The number of hydrogen-bond donors (Lipinski definition) is 8. The molecule has 30 nitrogen and oxygen atoms in total. The molecule has 149 heavy (non-hydrogen) atoms. The molecule has 2 aliphatic rings. The van der Waals surface area contributed by atoms with Gasteiger partial charge in [0.05, 0.1) is 108 Å². The fraction of sp³-hybridized carbons (Fsp3) is 0.475. The summed E-state index contributed by atoms with van der Waals surface area (Å²) in [6.07, 6.45) is 13.5. The van der Waals surface area contributed by atoms with Gasteiger partial charge >= 0.3 is 0 Å². The highest BCUT2D eigenvalue weighted by Gasteiger charge is 2.31. The van der Waals surface area contributed by atoms with Crippen LogP contribution >= 0.6 is 0 Å². The monoisotopic (exact) mass is 2080 g/mol. The van der Waals surface area contributed by atoms with E-state index in [-0.39, 0.29) is 114 Å². The number of Topliss-reactive ketones (excluding diaryl/α,β-unsaturated/α-hetero) is 4. The minimum atomic E-state index is -4.02. The van der Waals surface area contributed by atoms with E-state index < -0.39 is 15.9 Å². The summed E-state index contributed by atoms with van der Waals surface area (Å²) in [5.41, 5.74) is 4.22. The maximum Gasteiger partial charge on any atom is 0.265 e. The van der Waals surface area contributed by atoms with Crippen molar-refractivity contribution in [2.45, 2.75) is 270 Å². The van der Waals surface area contributed by atoms with Crippen LogP contribution < -0.4 is 77.5 Å². The Labute approximate surface area is 879 Å². The summed E-state index contributed by atoms with van der Waals surface area (Å²) in [4.78, 5) is 100. The van der Waals surface area contributed by atoms with Gasteiger partial charge in [0.2, 0.25) is 0 Å².